The average molecular weight is 821 g/mol. The van der Waals surface area contributed by atoms with E-state index in [0.29, 0.717) is 12.8 Å². The van der Waals surface area contributed by atoms with E-state index in [1.807, 2.05) is 0 Å². The molecule has 8 atom stereocenters. The van der Waals surface area contributed by atoms with E-state index in [9.17, 15) is 44.6 Å². The molecule has 6 N–H and O–H groups in total. The van der Waals surface area contributed by atoms with Gasteiger partial charge in [-0.3, -0.25) is 18.6 Å². The van der Waals surface area contributed by atoms with Crippen LogP contribution >= 0.6 is 7.82 Å². The van der Waals surface area contributed by atoms with E-state index in [0.717, 1.165) is 64.2 Å². The summed E-state index contributed by atoms with van der Waals surface area (Å²) in [6, 6.07) is 0. The average Bonchev–Trinajstić information content (AvgIpc) is 3.18. The van der Waals surface area contributed by atoms with E-state index in [1.54, 1.807) is 0 Å². The third-order valence-electron chi connectivity index (χ3n) is 10.0. The molecule has 328 valence electrons. The molecule has 0 spiro atoms. The van der Waals surface area contributed by atoms with Gasteiger partial charge in [0.1, 0.15) is 43.2 Å². The summed E-state index contributed by atoms with van der Waals surface area (Å²) in [4.78, 5) is 35.6. The van der Waals surface area contributed by atoms with Crippen molar-refractivity contribution in [2.24, 2.45) is 0 Å². The van der Waals surface area contributed by atoms with Crippen LogP contribution in [0.3, 0.4) is 0 Å². The quantitative estimate of drug-likeness (QED) is 0.0157. The van der Waals surface area contributed by atoms with Crippen LogP contribution in [0, 0.1) is 0 Å². The predicted molar refractivity (Wildman–Crippen MR) is 217 cm³/mol. The van der Waals surface area contributed by atoms with Crippen molar-refractivity contribution < 1.29 is 63.1 Å². The minimum Gasteiger partial charge on any atom is -0.462 e. The van der Waals surface area contributed by atoms with Crippen molar-refractivity contribution in [3.05, 3.63) is 24.3 Å². The Morgan fingerprint density at radius 2 is 0.964 bits per heavy atom. The van der Waals surface area contributed by atoms with Gasteiger partial charge in [0.15, 0.2) is 6.10 Å². The second-order valence-corrected chi connectivity index (χ2v) is 16.6. The van der Waals surface area contributed by atoms with Crippen molar-refractivity contribution in [3.63, 3.8) is 0 Å². The van der Waals surface area contributed by atoms with Gasteiger partial charge in [-0.15, -0.1) is 0 Å². The molecule has 0 aromatic heterocycles. The number of aliphatic hydroxyl groups is 5. The van der Waals surface area contributed by atoms with Crippen molar-refractivity contribution in [3.8, 4) is 0 Å². The fourth-order valence-corrected chi connectivity index (χ4v) is 7.47. The highest BCUT2D eigenvalue weighted by Gasteiger charge is 2.51. The number of phosphoric acid groups is 1. The summed E-state index contributed by atoms with van der Waals surface area (Å²) < 4.78 is 33.4. The molecule has 1 rings (SSSR count). The third-order valence-corrected chi connectivity index (χ3v) is 11.0. The summed E-state index contributed by atoms with van der Waals surface area (Å²) in [6.07, 6.45) is 20.9. The van der Waals surface area contributed by atoms with Crippen molar-refractivity contribution in [1.82, 2.24) is 0 Å². The van der Waals surface area contributed by atoms with Crippen LogP contribution in [0.15, 0.2) is 24.3 Å². The van der Waals surface area contributed by atoms with Gasteiger partial charge in [-0.25, -0.2) is 4.57 Å². The molecule has 56 heavy (non-hydrogen) atoms. The molecule has 0 amide bonds. The fraction of sp³-hybridized carbons (Fsp3) is 0.857. The van der Waals surface area contributed by atoms with Crippen LogP contribution < -0.4 is 0 Å². The number of hydrogen-bond acceptors (Lipinski definition) is 12. The van der Waals surface area contributed by atoms with Crippen molar-refractivity contribution >= 4 is 19.8 Å². The molecule has 0 heterocycles. The predicted octanol–water partition coefficient (Wildman–Crippen LogP) is 7.67. The van der Waals surface area contributed by atoms with Gasteiger partial charge in [0.25, 0.3) is 0 Å². The summed E-state index contributed by atoms with van der Waals surface area (Å²) in [7, 11) is -5.11. The lowest BCUT2D eigenvalue weighted by molar-refractivity contribution is -0.220. The van der Waals surface area contributed by atoms with Crippen LogP contribution in [0.25, 0.3) is 0 Å². The topological polar surface area (TPSA) is 210 Å². The molecule has 1 aliphatic carbocycles. The maximum Gasteiger partial charge on any atom is 0.472 e. The van der Waals surface area contributed by atoms with Crippen LogP contribution in [-0.4, -0.2) is 98.3 Å². The van der Waals surface area contributed by atoms with E-state index in [2.05, 4.69) is 38.2 Å². The molecule has 1 aliphatic rings. The Labute approximate surface area is 336 Å². The number of phosphoric ester groups is 1. The molecule has 0 saturated heterocycles. The zero-order valence-corrected chi connectivity index (χ0v) is 35.3. The smallest absolute Gasteiger partial charge is 0.462 e. The van der Waals surface area contributed by atoms with Gasteiger partial charge in [-0.1, -0.05) is 141 Å². The summed E-state index contributed by atoms with van der Waals surface area (Å²) >= 11 is 0. The fourth-order valence-electron chi connectivity index (χ4n) is 6.49. The minimum absolute atomic E-state index is 0.0830. The number of hydrogen-bond donors (Lipinski definition) is 6. The van der Waals surface area contributed by atoms with Crippen LogP contribution in [0.1, 0.15) is 174 Å². The van der Waals surface area contributed by atoms with Gasteiger partial charge in [-0.05, 0) is 44.9 Å². The molecule has 0 aliphatic heterocycles. The normalized spacial score (nSPS) is 23.1. The number of esters is 2. The first-order valence-corrected chi connectivity index (χ1v) is 23.1. The van der Waals surface area contributed by atoms with Crippen LogP contribution in [0.2, 0.25) is 0 Å². The van der Waals surface area contributed by atoms with E-state index >= 15 is 0 Å². The first-order chi connectivity index (χ1) is 26.9. The second-order valence-electron chi connectivity index (χ2n) is 15.2. The standard InChI is InChI=1S/C42H77O13P/c1-3-5-7-9-11-13-15-17-18-19-21-23-25-27-29-31-36(44)54-34(32-52-35(43)30-28-26-24-22-20-16-14-12-10-8-6-4-2)33-53-56(50,51)55-42-40(48)38(46)37(45)39(47)41(42)49/h11,13,17-18,34,37-42,45-49H,3-10,12,14-16,19-33H2,1-2H3,(H,50,51)/b13-11+,18-17+/t34-,37?,38+,39?,40?,41?,42?/m1/s1. The zero-order chi connectivity index (χ0) is 41.4. The zero-order valence-electron chi connectivity index (χ0n) is 34.4. The van der Waals surface area contributed by atoms with Crippen LogP contribution in [0.4, 0.5) is 0 Å². The highest BCUT2D eigenvalue weighted by Crippen LogP contribution is 2.47. The number of aliphatic hydroxyl groups excluding tert-OH is 5. The summed E-state index contributed by atoms with van der Waals surface area (Å²) in [5.41, 5.74) is 0. The van der Waals surface area contributed by atoms with Crippen molar-refractivity contribution in [1.29, 1.82) is 0 Å². The van der Waals surface area contributed by atoms with Gasteiger partial charge in [0, 0.05) is 12.8 Å². The minimum atomic E-state index is -5.11. The van der Waals surface area contributed by atoms with Crippen molar-refractivity contribution in [2.75, 3.05) is 13.2 Å². The lowest BCUT2D eigenvalue weighted by atomic mass is 9.85. The number of allylic oxidation sites excluding steroid dienone is 4. The van der Waals surface area contributed by atoms with E-state index in [4.69, 9.17) is 18.5 Å². The maximum atomic E-state index is 12.8. The number of unbranched alkanes of at least 4 members (excludes halogenated alkanes) is 19. The molecule has 6 unspecified atom stereocenters. The number of ether oxygens (including phenoxy) is 2. The Kier molecular flexibility index (Phi) is 31.0. The molecule has 0 bridgehead atoms. The molecular formula is C42H77O13P. The maximum absolute atomic E-state index is 12.8. The Morgan fingerprint density at radius 3 is 1.48 bits per heavy atom. The summed E-state index contributed by atoms with van der Waals surface area (Å²) in [6.45, 7) is 3.24. The highest BCUT2D eigenvalue weighted by molar-refractivity contribution is 7.47. The first kappa shape index (κ1) is 52.3. The summed E-state index contributed by atoms with van der Waals surface area (Å²) in [5, 5.41) is 50.0. The Bertz CT molecular complexity index is 1090. The van der Waals surface area contributed by atoms with Crippen molar-refractivity contribution in [2.45, 2.75) is 217 Å². The van der Waals surface area contributed by atoms with Gasteiger partial charge in [0.2, 0.25) is 0 Å². The van der Waals surface area contributed by atoms with E-state index in [1.165, 1.54) is 70.6 Å². The number of carbonyl (C=O) groups excluding carboxylic acids is 2. The molecule has 0 aromatic rings. The van der Waals surface area contributed by atoms with Crippen LogP contribution in [0.5, 0.6) is 0 Å². The van der Waals surface area contributed by atoms with Gasteiger partial charge in [-0.2, -0.15) is 0 Å². The number of rotatable bonds is 35. The van der Waals surface area contributed by atoms with Gasteiger partial charge < -0.3 is 39.9 Å². The van der Waals surface area contributed by atoms with E-state index in [-0.39, 0.29) is 12.8 Å². The molecule has 1 fully saturated rings. The number of carbonyl (C=O) groups is 2. The molecule has 14 heteroatoms. The second kappa shape index (κ2) is 33.2. The Hall–Kier alpha value is -1.67. The third kappa shape index (κ3) is 25.6. The largest absolute Gasteiger partial charge is 0.472 e. The Balaban J connectivity index is 2.51. The van der Waals surface area contributed by atoms with Gasteiger partial charge in [0.05, 0.1) is 6.61 Å². The Morgan fingerprint density at radius 1 is 0.554 bits per heavy atom. The monoisotopic (exact) mass is 821 g/mol. The lowest BCUT2D eigenvalue weighted by Crippen LogP contribution is -2.64. The molecule has 1 saturated carbocycles. The lowest BCUT2D eigenvalue weighted by Gasteiger charge is -2.41. The highest BCUT2D eigenvalue weighted by atomic mass is 31.2. The summed E-state index contributed by atoms with van der Waals surface area (Å²) in [5.74, 6) is -1.11. The van der Waals surface area contributed by atoms with Gasteiger partial charge >= 0.3 is 19.8 Å². The molecule has 0 radical (unpaired) electrons. The molecular weight excluding hydrogens is 743 g/mol. The van der Waals surface area contributed by atoms with E-state index < -0.39 is 75.7 Å². The SMILES string of the molecule is CCCCC/C=C/C/C=C/CCCCCCCC(=O)O[C@H](COC(=O)CCCCCCCCCCCCCC)COP(=O)(O)OC1C(O)C(O)C(O)[C@H](O)C1O. The molecule has 13 nitrogen and oxygen atoms in total. The van der Waals surface area contributed by atoms with Crippen LogP contribution in [-0.2, 0) is 32.7 Å². The molecule has 0 aromatic carbocycles. The first-order valence-electron chi connectivity index (χ1n) is 21.6.